The second kappa shape index (κ2) is 5.96. The third kappa shape index (κ3) is 3.97. The molecular weight excluding hydrogens is 212 g/mol. The molecule has 0 spiro atoms. The summed E-state index contributed by atoms with van der Waals surface area (Å²) in [6.07, 6.45) is 5.72. The van der Waals surface area contributed by atoms with Crippen molar-refractivity contribution in [3.8, 4) is 0 Å². The fourth-order valence-electron chi connectivity index (χ4n) is 2.31. The van der Waals surface area contributed by atoms with Crippen molar-refractivity contribution in [2.75, 3.05) is 32.0 Å². The Labute approximate surface area is 103 Å². The highest BCUT2D eigenvalue weighted by Crippen LogP contribution is 2.19. The second-order valence-electron chi connectivity index (χ2n) is 4.95. The van der Waals surface area contributed by atoms with Crippen molar-refractivity contribution in [3.05, 3.63) is 18.1 Å². The Morgan fingerprint density at radius 2 is 2.18 bits per heavy atom. The summed E-state index contributed by atoms with van der Waals surface area (Å²) in [6, 6.07) is 1.93. The van der Waals surface area contributed by atoms with Gasteiger partial charge in [-0.1, -0.05) is 0 Å². The van der Waals surface area contributed by atoms with Gasteiger partial charge in [0.05, 0.1) is 0 Å². The van der Waals surface area contributed by atoms with Crippen LogP contribution in [0.2, 0.25) is 0 Å². The van der Waals surface area contributed by atoms with Crippen molar-refractivity contribution in [2.24, 2.45) is 5.92 Å². The third-order valence-corrected chi connectivity index (χ3v) is 3.47. The molecule has 4 nitrogen and oxygen atoms in total. The Morgan fingerprint density at radius 3 is 2.88 bits per heavy atom. The quantitative estimate of drug-likeness (QED) is 0.864. The standard InChI is InChI=1S/C13H22N4/c1-11-14-8-4-13(16-11)15-7-3-12-5-9-17(2)10-6-12/h4,8,12H,3,5-7,9-10H2,1-2H3,(H,14,15,16). The highest BCUT2D eigenvalue weighted by atomic mass is 15.1. The SMILES string of the molecule is Cc1nccc(NCCC2CCN(C)CC2)n1. The predicted octanol–water partition coefficient (Wildman–Crippen LogP) is 1.93. The molecule has 1 fully saturated rings. The van der Waals surface area contributed by atoms with E-state index in [-0.39, 0.29) is 0 Å². The first kappa shape index (κ1) is 12.3. The van der Waals surface area contributed by atoms with E-state index in [0.717, 1.165) is 24.1 Å². The highest BCUT2D eigenvalue weighted by molar-refractivity contribution is 5.32. The van der Waals surface area contributed by atoms with E-state index in [9.17, 15) is 0 Å². The molecule has 0 radical (unpaired) electrons. The molecule has 1 aromatic rings. The molecule has 0 unspecified atom stereocenters. The lowest BCUT2D eigenvalue weighted by molar-refractivity contribution is 0.215. The molecule has 0 amide bonds. The van der Waals surface area contributed by atoms with Crippen molar-refractivity contribution in [1.82, 2.24) is 14.9 Å². The topological polar surface area (TPSA) is 41.1 Å². The molecule has 1 N–H and O–H groups in total. The number of piperidine rings is 1. The second-order valence-corrected chi connectivity index (χ2v) is 4.95. The minimum atomic E-state index is 0.828. The van der Waals surface area contributed by atoms with Gasteiger partial charge in [-0.05, 0) is 58.3 Å². The number of hydrogen-bond acceptors (Lipinski definition) is 4. The first-order chi connectivity index (χ1) is 8.24. The molecule has 0 aliphatic carbocycles. The lowest BCUT2D eigenvalue weighted by Gasteiger charge is -2.28. The molecule has 0 saturated carbocycles. The van der Waals surface area contributed by atoms with Crippen LogP contribution in [-0.2, 0) is 0 Å². The summed E-state index contributed by atoms with van der Waals surface area (Å²) in [5, 5.41) is 3.38. The maximum absolute atomic E-state index is 4.34. The van der Waals surface area contributed by atoms with Crippen LogP contribution in [0.15, 0.2) is 12.3 Å². The van der Waals surface area contributed by atoms with Crippen LogP contribution in [-0.4, -0.2) is 41.5 Å². The Morgan fingerprint density at radius 1 is 1.41 bits per heavy atom. The van der Waals surface area contributed by atoms with Crippen LogP contribution in [0, 0.1) is 12.8 Å². The molecule has 94 valence electrons. The van der Waals surface area contributed by atoms with Gasteiger partial charge in [0.25, 0.3) is 0 Å². The Balaban J connectivity index is 1.69. The van der Waals surface area contributed by atoms with Crippen molar-refractivity contribution < 1.29 is 0 Å². The van der Waals surface area contributed by atoms with E-state index in [1.807, 2.05) is 13.0 Å². The average Bonchev–Trinajstić information content (AvgIpc) is 2.32. The molecule has 1 aliphatic rings. The Kier molecular flexibility index (Phi) is 4.31. The number of hydrogen-bond donors (Lipinski definition) is 1. The molecule has 2 heterocycles. The Bertz CT molecular complexity index is 345. The molecule has 0 atom stereocenters. The van der Waals surface area contributed by atoms with Gasteiger partial charge < -0.3 is 10.2 Å². The van der Waals surface area contributed by atoms with Crippen LogP contribution in [0.3, 0.4) is 0 Å². The predicted molar refractivity (Wildman–Crippen MR) is 70.1 cm³/mol. The minimum Gasteiger partial charge on any atom is -0.370 e. The van der Waals surface area contributed by atoms with Crippen molar-refractivity contribution in [3.63, 3.8) is 0 Å². The summed E-state index contributed by atoms with van der Waals surface area (Å²) < 4.78 is 0. The highest BCUT2D eigenvalue weighted by Gasteiger charge is 2.15. The number of nitrogens with one attached hydrogen (secondary N) is 1. The normalized spacial score (nSPS) is 18.2. The monoisotopic (exact) mass is 234 g/mol. The fraction of sp³-hybridized carbons (Fsp3) is 0.692. The Hall–Kier alpha value is -1.16. The number of likely N-dealkylation sites (tertiary alicyclic amines) is 1. The van der Waals surface area contributed by atoms with Crippen LogP contribution >= 0.6 is 0 Å². The summed E-state index contributed by atoms with van der Waals surface area (Å²) in [7, 11) is 2.21. The number of aromatic nitrogens is 2. The average molecular weight is 234 g/mol. The zero-order valence-electron chi connectivity index (χ0n) is 10.8. The minimum absolute atomic E-state index is 0.828. The number of aryl methyl sites for hydroxylation is 1. The van der Waals surface area contributed by atoms with Crippen molar-refractivity contribution in [2.45, 2.75) is 26.2 Å². The van der Waals surface area contributed by atoms with E-state index in [1.54, 1.807) is 6.20 Å². The lowest BCUT2D eigenvalue weighted by atomic mass is 9.94. The van der Waals surface area contributed by atoms with Crippen LogP contribution in [0.1, 0.15) is 25.1 Å². The van der Waals surface area contributed by atoms with E-state index in [4.69, 9.17) is 0 Å². The fourth-order valence-corrected chi connectivity index (χ4v) is 2.31. The van der Waals surface area contributed by atoms with Gasteiger partial charge in [0.2, 0.25) is 0 Å². The number of anilines is 1. The molecule has 17 heavy (non-hydrogen) atoms. The van der Waals surface area contributed by atoms with Gasteiger partial charge in [-0.15, -0.1) is 0 Å². The maximum Gasteiger partial charge on any atom is 0.129 e. The number of rotatable bonds is 4. The van der Waals surface area contributed by atoms with Crippen LogP contribution in [0.25, 0.3) is 0 Å². The molecule has 1 aliphatic heterocycles. The summed E-state index contributed by atoms with van der Waals surface area (Å²) >= 11 is 0. The van der Waals surface area contributed by atoms with Gasteiger partial charge in [-0.3, -0.25) is 0 Å². The van der Waals surface area contributed by atoms with E-state index in [2.05, 4.69) is 27.2 Å². The van der Waals surface area contributed by atoms with Gasteiger partial charge in [0.1, 0.15) is 11.6 Å². The van der Waals surface area contributed by atoms with Crippen LogP contribution in [0.4, 0.5) is 5.82 Å². The smallest absolute Gasteiger partial charge is 0.129 e. The summed E-state index contributed by atoms with van der Waals surface area (Å²) in [6.45, 7) is 5.43. The van der Waals surface area contributed by atoms with Gasteiger partial charge >= 0.3 is 0 Å². The van der Waals surface area contributed by atoms with E-state index in [1.165, 1.54) is 32.4 Å². The molecule has 0 aromatic carbocycles. The molecule has 0 bridgehead atoms. The van der Waals surface area contributed by atoms with Gasteiger partial charge in [-0.2, -0.15) is 0 Å². The van der Waals surface area contributed by atoms with E-state index in [0.29, 0.717) is 0 Å². The van der Waals surface area contributed by atoms with Gasteiger partial charge in [0, 0.05) is 12.7 Å². The lowest BCUT2D eigenvalue weighted by Crippen LogP contribution is -2.30. The van der Waals surface area contributed by atoms with Crippen LogP contribution in [0.5, 0.6) is 0 Å². The summed E-state index contributed by atoms with van der Waals surface area (Å²) in [5.41, 5.74) is 0. The van der Waals surface area contributed by atoms with Crippen LogP contribution < -0.4 is 5.32 Å². The van der Waals surface area contributed by atoms with Crippen molar-refractivity contribution in [1.29, 1.82) is 0 Å². The molecule has 4 heteroatoms. The van der Waals surface area contributed by atoms with Crippen molar-refractivity contribution >= 4 is 5.82 Å². The molecular formula is C13H22N4. The van der Waals surface area contributed by atoms with Gasteiger partial charge in [-0.25, -0.2) is 9.97 Å². The molecule has 1 saturated heterocycles. The summed E-state index contributed by atoms with van der Waals surface area (Å²) in [5.74, 6) is 2.65. The third-order valence-electron chi connectivity index (χ3n) is 3.47. The largest absolute Gasteiger partial charge is 0.370 e. The van der Waals surface area contributed by atoms with Gasteiger partial charge in [0.15, 0.2) is 0 Å². The van der Waals surface area contributed by atoms with E-state index >= 15 is 0 Å². The number of nitrogens with zero attached hydrogens (tertiary/aromatic N) is 3. The molecule has 1 aromatic heterocycles. The summed E-state index contributed by atoms with van der Waals surface area (Å²) in [4.78, 5) is 10.8. The maximum atomic E-state index is 4.34. The first-order valence-corrected chi connectivity index (χ1v) is 6.46. The zero-order valence-corrected chi connectivity index (χ0v) is 10.8. The van der Waals surface area contributed by atoms with E-state index < -0.39 is 0 Å². The first-order valence-electron chi connectivity index (χ1n) is 6.46. The zero-order chi connectivity index (χ0) is 12.1. The molecule has 2 rings (SSSR count).